The minimum absolute atomic E-state index is 0.0871. The lowest BCUT2D eigenvalue weighted by atomic mass is 10.0. The minimum atomic E-state index is -0.0993. The van der Waals surface area contributed by atoms with Crippen LogP contribution in [0.15, 0.2) is 18.2 Å². The number of rotatable bonds is 2. The molecule has 0 saturated carbocycles. The van der Waals surface area contributed by atoms with Crippen molar-refractivity contribution in [1.29, 1.82) is 0 Å². The number of hydrogen-bond acceptors (Lipinski definition) is 2. The first-order valence-electron chi connectivity index (χ1n) is 5.38. The fourth-order valence-electron chi connectivity index (χ4n) is 1.48. The number of amides is 2. The van der Waals surface area contributed by atoms with Crippen molar-refractivity contribution in [1.82, 2.24) is 9.80 Å². The molecule has 0 heterocycles. The summed E-state index contributed by atoms with van der Waals surface area (Å²) in [5, 5.41) is 0. The first-order chi connectivity index (χ1) is 7.84. The molecule has 2 amide bonds. The van der Waals surface area contributed by atoms with E-state index in [1.807, 2.05) is 6.92 Å². The summed E-state index contributed by atoms with van der Waals surface area (Å²) < 4.78 is 0. The van der Waals surface area contributed by atoms with Crippen LogP contribution in [0.1, 0.15) is 26.3 Å². The van der Waals surface area contributed by atoms with E-state index in [-0.39, 0.29) is 11.8 Å². The third kappa shape index (κ3) is 2.84. The van der Waals surface area contributed by atoms with E-state index in [9.17, 15) is 9.59 Å². The zero-order valence-electron chi connectivity index (χ0n) is 10.9. The molecule has 0 bridgehead atoms. The van der Waals surface area contributed by atoms with Crippen molar-refractivity contribution in [2.24, 2.45) is 0 Å². The zero-order valence-corrected chi connectivity index (χ0v) is 10.9. The molecule has 92 valence electrons. The molecule has 1 rings (SSSR count). The van der Waals surface area contributed by atoms with Gasteiger partial charge in [0.15, 0.2) is 0 Å². The standard InChI is InChI=1S/C13H18N2O2/c1-9-6-7-10(12(16)14(2)3)8-11(9)13(17)15(4)5/h6-8H,1-5H3. The van der Waals surface area contributed by atoms with E-state index in [0.29, 0.717) is 11.1 Å². The van der Waals surface area contributed by atoms with Crippen LogP contribution in [0.3, 0.4) is 0 Å². The van der Waals surface area contributed by atoms with Crippen molar-refractivity contribution in [3.8, 4) is 0 Å². The molecule has 0 aliphatic heterocycles. The van der Waals surface area contributed by atoms with Gasteiger partial charge in [-0.1, -0.05) is 6.07 Å². The second-order valence-electron chi connectivity index (χ2n) is 4.43. The van der Waals surface area contributed by atoms with Crippen molar-refractivity contribution in [3.05, 3.63) is 34.9 Å². The maximum atomic E-state index is 11.9. The van der Waals surface area contributed by atoms with E-state index in [4.69, 9.17) is 0 Å². The maximum Gasteiger partial charge on any atom is 0.253 e. The van der Waals surface area contributed by atoms with E-state index >= 15 is 0 Å². The number of benzene rings is 1. The van der Waals surface area contributed by atoms with Crippen molar-refractivity contribution in [2.75, 3.05) is 28.2 Å². The fraction of sp³-hybridized carbons (Fsp3) is 0.385. The third-order valence-corrected chi connectivity index (χ3v) is 2.53. The van der Waals surface area contributed by atoms with Gasteiger partial charge in [0, 0.05) is 39.3 Å². The van der Waals surface area contributed by atoms with Crippen molar-refractivity contribution >= 4 is 11.8 Å². The highest BCUT2D eigenvalue weighted by Gasteiger charge is 2.15. The summed E-state index contributed by atoms with van der Waals surface area (Å²) in [6.45, 7) is 1.86. The molecule has 17 heavy (non-hydrogen) atoms. The third-order valence-electron chi connectivity index (χ3n) is 2.53. The molecular formula is C13H18N2O2. The molecule has 0 spiro atoms. The number of hydrogen-bond donors (Lipinski definition) is 0. The lowest BCUT2D eigenvalue weighted by Gasteiger charge is -2.15. The Morgan fingerprint density at radius 2 is 1.47 bits per heavy atom. The van der Waals surface area contributed by atoms with Crippen molar-refractivity contribution in [2.45, 2.75) is 6.92 Å². The summed E-state index contributed by atoms with van der Waals surface area (Å²) in [5.41, 5.74) is 1.98. The molecule has 0 fully saturated rings. The van der Waals surface area contributed by atoms with E-state index < -0.39 is 0 Å². The average Bonchev–Trinajstić information content (AvgIpc) is 2.27. The molecule has 1 aromatic rings. The van der Waals surface area contributed by atoms with E-state index in [0.717, 1.165) is 5.56 Å². The normalized spacial score (nSPS) is 9.94. The number of carbonyl (C=O) groups is 2. The summed E-state index contributed by atoms with van der Waals surface area (Å²) in [4.78, 5) is 26.7. The Morgan fingerprint density at radius 3 is 1.94 bits per heavy atom. The Labute approximate surface area is 102 Å². The zero-order chi connectivity index (χ0) is 13.2. The van der Waals surface area contributed by atoms with Crippen LogP contribution in [0.5, 0.6) is 0 Å². The summed E-state index contributed by atoms with van der Waals surface area (Å²) in [6.07, 6.45) is 0. The second-order valence-corrected chi connectivity index (χ2v) is 4.43. The summed E-state index contributed by atoms with van der Waals surface area (Å²) in [5.74, 6) is -0.186. The van der Waals surface area contributed by atoms with Crippen molar-refractivity contribution in [3.63, 3.8) is 0 Å². The molecule has 0 aromatic heterocycles. The fourth-order valence-corrected chi connectivity index (χ4v) is 1.48. The molecule has 0 aliphatic carbocycles. The van der Waals surface area contributed by atoms with Gasteiger partial charge in [-0.2, -0.15) is 0 Å². The van der Waals surface area contributed by atoms with Gasteiger partial charge in [-0.05, 0) is 24.6 Å². The van der Waals surface area contributed by atoms with E-state index in [1.54, 1.807) is 46.4 Å². The first kappa shape index (κ1) is 13.2. The molecule has 0 saturated heterocycles. The molecule has 0 N–H and O–H groups in total. The highest BCUT2D eigenvalue weighted by molar-refractivity contribution is 6.00. The molecule has 4 nitrogen and oxygen atoms in total. The number of carbonyl (C=O) groups excluding carboxylic acids is 2. The lowest BCUT2D eigenvalue weighted by molar-refractivity contribution is 0.0826. The van der Waals surface area contributed by atoms with Gasteiger partial charge in [0.2, 0.25) is 0 Å². The van der Waals surface area contributed by atoms with Gasteiger partial charge in [0.05, 0.1) is 0 Å². The lowest BCUT2D eigenvalue weighted by Crippen LogP contribution is -2.25. The summed E-state index contributed by atoms with van der Waals surface area (Å²) in [6, 6.07) is 5.19. The Kier molecular flexibility index (Phi) is 3.89. The Morgan fingerprint density at radius 1 is 0.941 bits per heavy atom. The second kappa shape index (κ2) is 4.99. The van der Waals surface area contributed by atoms with Crippen molar-refractivity contribution < 1.29 is 9.59 Å². The molecule has 0 atom stereocenters. The van der Waals surface area contributed by atoms with Crippen LogP contribution < -0.4 is 0 Å². The van der Waals surface area contributed by atoms with Gasteiger partial charge in [-0.15, -0.1) is 0 Å². The van der Waals surface area contributed by atoms with Gasteiger partial charge in [-0.25, -0.2) is 0 Å². The van der Waals surface area contributed by atoms with Gasteiger partial charge < -0.3 is 9.80 Å². The quantitative estimate of drug-likeness (QED) is 0.776. The van der Waals surface area contributed by atoms with E-state index in [1.165, 1.54) is 9.80 Å². The van der Waals surface area contributed by atoms with Crippen LogP contribution in [0.2, 0.25) is 0 Å². The van der Waals surface area contributed by atoms with Gasteiger partial charge in [-0.3, -0.25) is 9.59 Å². The summed E-state index contributed by atoms with van der Waals surface area (Å²) >= 11 is 0. The van der Waals surface area contributed by atoms with Gasteiger partial charge in [0.25, 0.3) is 11.8 Å². The average molecular weight is 234 g/mol. The molecule has 4 heteroatoms. The Bertz CT molecular complexity index is 451. The smallest absolute Gasteiger partial charge is 0.253 e. The number of nitrogens with zero attached hydrogens (tertiary/aromatic N) is 2. The SMILES string of the molecule is Cc1ccc(C(=O)N(C)C)cc1C(=O)N(C)C. The predicted molar refractivity (Wildman–Crippen MR) is 67.2 cm³/mol. The molecule has 1 aromatic carbocycles. The predicted octanol–water partition coefficient (Wildman–Crippen LogP) is 1.40. The topological polar surface area (TPSA) is 40.6 Å². The van der Waals surface area contributed by atoms with Crippen LogP contribution >= 0.6 is 0 Å². The maximum absolute atomic E-state index is 11.9. The monoisotopic (exact) mass is 234 g/mol. The molecule has 0 aliphatic rings. The summed E-state index contributed by atoms with van der Waals surface area (Å²) in [7, 11) is 6.77. The van der Waals surface area contributed by atoms with Crippen LogP contribution in [-0.2, 0) is 0 Å². The van der Waals surface area contributed by atoms with Crippen LogP contribution in [0.25, 0.3) is 0 Å². The Hall–Kier alpha value is -1.84. The van der Waals surface area contributed by atoms with Crippen LogP contribution in [0, 0.1) is 6.92 Å². The van der Waals surface area contributed by atoms with Gasteiger partial charge in [0.1, 0.15) is 0 Å². The minimum Gasteiger partial charge on any atom is -0.345 e. The molecule has 0 unspecified atom stereocenters. The highest BCUT2D eigenvalue weighted by atomic mass is 16.2. The highest BCUT2D eigenvalue weighted by Crippen LogP contribution is 2.14. The molecule has 0 radical (unpaired) electrons. The first-order valence-corrected chi connectivity index (χ1v) is 5.38. The van der Waals surface area contributed by atoms with Gasteiger partial charge >= 0.3 is 0 Å². The largest absolute Gasteiger partial charge is 0.345 e. The Balaban J connectivity index is 3.20. The van der Waals surface area contributed by atoms with E-state index in [2.05, 4.69) is 0 Å². The van der Waals surface area contributed by atoms with Crippen LogP contribution in [-0.4, -0.2) is 49.8 Å². The molecular weight excluding hydrogens is 216 g/mol. The number of aryl methyl sites for hydroxylation is 1. The van der Waals surface area contributed by atoms with Crippen LogP contribution in [0.4, 0.5) is 0 Å².